The molecule has 1 amide bonds. The largest absolute Gasteiger partial charge is 0.468 e. The first-order chi connectivity index (χ1) is 13.3. The van der Waals surface area contributed by atoms with Gasteiger partial charge in [0.2, 0.25) is 5.91 Å². The average molecular weight is 454 g/mol. The molecule has 0 aromatic heterocycles. The van der Waals surface area contributed by atoms with Gasteiger partial charge in [0.1, 0.15) is 5.41 Å². The number of methoxy groups -OCH3 is 2. The summed E-state index contributed by atoms with van der Waals surface area (Å²) in [6.07, 6.45) is 0. The number of fused-ring (bicyclic) bond motifs is 1. The summed E-state index contributed by atoms with van der Waals surface area (Å²) in [4.78, 5) is 29.7. The third kappa shape index (κ3) is 3.96. The van der Waals surface area contributed by atoms with Crippen LogP contribution in [0.2, 0.25) is 0 Å². The van der Waals surface area contributed by atoms with Crippen LogP contribution in [0.3, 0.4) is 0 Å². The monoisotopic (exact) mass is 453 g/mol. The highest BCUT2D eigenvalue weighted by Gasteiger charge is 2.48. The van der Waals surface area contributed by atoms with E-state index < -0.39 is 5.41 Å². The van der Waals surface area contributed by atoms with Crippen LogP contribution >= 0.6 is 15.9 Å². The number of carbonyl (C=O) groups excluding carboxylic acids is 2. The lowest BCUT2D eigenvalue weighted by Crippen LogP contribution is -2.59. The van der Waals surface area contributed by atoms with Crippen molar-refractivity contribution in [1.82, 2.24) is 10.2 Å². The maximum atomic E-state index is 13.3. The number of halogens is 1. The van der Waals surface area contributed by atoms with E-state index in [1.165, 1.54) is 7.11 Å². The number of nitrogens with zero attached hydrogens (tertiary/aromatic N) is 2. The second-order valence-electron chi connectivity index (χ2n) is 7.81. The van der Waals surface area contributed by atoms with Crippen molar-refractivity contribution in [3.05, 3.63) is 28.2 Å². The molecule has 154 valence electrons. The summed E-state index contributed by atoms with van der Waals surface area (Å²) in [7, 11) is 3.06. The van der Waals surface area contributed by atoms with E-state index in [4.69, 9.17) is 9.47 Å². The van der Waals surface area contributed by atoms with Gasteiger partial charge in [-0.05, 0) is 31.5 Å². The van der Waals surface area contributed by atoms with Crippen molar-refractivity contribution in [3.8, 4) is 0 Å². The molecular weight excluding hydrogens is 426 g/mol. The molecule has 1 saturated heterocycles. The predicted molar refractivity (Wildman–Crippen MR) is 111 cm³/mol. The average Bonchev–Trinajstić information content (AvgIpc) is 2.96. The molecule has 0 saturated carbocycles. The molecular formula is C20H28BrN3O4. The highest BCUT2D eigenvalue weighted by Crippen LogP contribution is 2.43. The number of amides is 1. The van der Waals surface area contributed by atoms with Crippen LogP contribution in [0.4, 0.5) is 5.69 Å². The molecule has 1 aromatic carbocycles. The molecule has 28 heavy (non-hydrogen) atoms. The summed E-state index contributed by atoms with van der Waals surface area (Å²) in [6.45, 7) is 6.62. The molecule has 2 aliphatic heterocycles. The van der Waals surface area contributed by atoms with Gasteiger partial charge < -0.3 is 19.7 Å². The Morgan fingerprint density at radius 2 is 2.11 bits per heavy atom. The Labute approximate surface area is 174 Å². The van der Waals surface area contributed by atoms with Crippen LogP contribution in [0, 0.1) is 0 Å². The Hall–Kier alpha value is -1.48. The maximum absolute atomic E-state index is 13.3. The Morgan fingerprint density at radius 1 is 1.36 bits per heavy atom. The highest BCUT2D eigenvalue weighted by molar-refractivity contribution is 9.10. The number of nitrogens with one attached hydrogen (secondary N) is 1. The molecule has 1 fully saturated rings. The van der Waals surface area contributed by atoms with Gasteiger partial charge in [0, 0.05) is 49.0 Å². The van der Waals surface area contributed by atoms with E-state index in [0.29, 0.717) is 12.6 Å². The van der Waals surface area contributed by atoms with E-state index >= 15 is 0 Å². The molecule has 1 aromatic rings. The number of ether oxygens (including phenoxy) is 2. The molecule has 8 heteroatoms. The minimum Gasteiger partial charge on any atom is -0.468 e. The summed E-state index contributed by atoms with van der Waals surface area (Å²) >= 11 is 3.48. The van der Waals surface area contributed by atoms with E-state index in [2.05, 4.69) is 33.1 Å². The van der Waals surface area contributed by atoms with Crippen LogP contribution in [-0.4, -0.2) is 75.9 Å². The van der Waals surface area contributed by atoms with Crippen molar-refractivity contribution in [2.24, 2.45) is 0 Å². The molecule has 1 N–H and O–H groups in total. The summed E-state index contributed by atoms with van der Waals surface area (Å²) in [5, 5.41) is 3.43. The van der Waals surface area contributed by atoms with Gasteiger partial charge in [-0.25, -0.2) is 0 Å². The van der Waals surface area contributed by atoms with E-state index in [-0.39, 0.29) is 31.0 Å². The Balaban J connectivity index is 1.86. The lowest BCUT2D eigenvalue weighted by Gasteiger charge is -2.39. The van der Waals surface area contributed by atoms with Crippen molar-refractivity contribution < 1.29 is 19.1 Å². The summed E-state index contributed by atoms with van der Waals surface area (Å²) in [5.74, 6) is -0.360. The van der Waals surface area contributed by atoms with Crippen LogP contribution in [-0.2, 0) is 24.5 Å². The molecule has 0 radical (unpaired) electrons. The van der Waals surface area contributed by atoms with Crippen LogP contribution in [0.15, 0.2) is 22.7 Å². The first-order valence-electron chi connectivity index (χ1n) is 9.45. The lowest BCUT2D eigenvalue weighted by atomic mass is 9.85. The molecule has 3 atom stereocenters. The fourth-order valence-electron chi connectivity index (χ4n) is 4.14. The predicted octanol–water partition coefficient (Wildman–Crippen LogP) is 1.54. The van der Waals surface area contributed by atoms with Crippen LogP contribution in [0.5, 0.6) is 0 Å². The SMILES string of the molecule is COC[C@H]1CN[C@H](C)CN1CC(=O)N1CC(C)(C(=O)OC)c2ccc(Br)cc21. The Kier molecular flexibility index (Phi) is 6.44. The van der Waals surface area contributed by atoms with Gasteiger partial charge in [-0.3, -0.25) is 14.5 Å². The van der Waals surface area contributed by atoms with E-state index in [1.807, 2.05) is 25.1 Å². The number of esters is 1. The number of rotatable bonds is 5. The van der Waals surface area contributed by atoms with Crippen molar-refractivity contribution in [2.75, 3.05) is 51.9 Å². The topological polar surface area (TPSA) is 71.1 Å². The number of anilines is 1. The third-order valence-corrected chi connectivity index (χ3v) is 6.17. The summed E-state index contributed by atoms with van der Waals surface area (Å²) in [5.41, 5.74) is 0.708. The molecule has 0 spiro atoms. The number of hydrogen-bond donors (Lipinski definition) is 1. The third-order valence-electron chi connectivity index (χ3n) is 5.68. The summed E-state index contributed by atoms with van der Waals surface area (Å²) in [6, 6.07) is 6.13. The maximum Gasteiger partial charge on any atom is 0.317 e. The Bertz CT molecular complexity index is 759. The lowest BCUT2D eigenvalue weighted by molar-refractivity contribution is -0.146. The zero-order valence-electron chi connectivity index (χ0n) is 16.8. The fraction of sp³-hybridized carbons (Fsp3) is 0.600. The fourth-order valence-corrected chi connectivity index (χ4v) is 4.49. The molecule has 2 heterocycles. The summed E-state index contributed by atoms with van der Waals surface area (Å²) < 4.78 is 11.2. The minimum atomic E-state index is -0.872. The van der Waals surface area contributed by atoms with Crippen molar-refractivity contribution >= 4 is 33.5 Å². The van der Waals surface area contributed by atoms with Crippen LogP contribution in [0.25, 0.3) is 0 Å². The van der Waals surface area contributed by atoms with Gasteiger partial charge >= 0.3 is 5.97 Å². The first kappa shape index (κ1) is 21.2. The van der Waals surface area contributed by atoms with Crippen molar-refractivity contribution in [3.63, 3.8) is 0 Å². The number of carbonyl (C=O) groups is 2. The molecule has 2 aliphatic rings. The smallest absolute Gasteiger partial charge is 0.317 e. The first-order valence-corrected chi connectivity index (χ1v) is 10.2. The standard InChI is InChI=1S/C20H28BrN3O4/c1-13-9-23(15(8-22-13)11-27-3)10-18(25)24-12-20(2,19(26)28-4)16-6-5-14(21)7-17(16)24/h5-7,13,15,22H,8-12H2,1-4H3/t13-,15-,20?/m1/s1. The van der Waals surface area contributed by atoms with Crippen LogP contribution < -0.4 is 10.2 Å². The van der Waals surface area contributed by atoms with Crippen molar-refractivity contribution in [1.29, 1.82) is 0 Å². The van der Waals surface area contributed by atoms with Gasteiger partial charge in [0.15, 0.2) is 0 Å². The number of piperazine rings is 1. The van der Waals surface area contributed by atoms with E-state index in [1.54, 1.807) is 12.0 Å². The van der Waals surface area contributed by atoms with Gasteiger partial charge in [-0.15, -0.1) is 0 Å². The molecule has 3 rings (SSSR count). The van der Waals surface area contributed by atoms with Gasteiger partial charge in [0.05, 0.1) is 20.3 Å². The van der Waals surface area contributed by atoms with Crippen LogP contribution in [0.1, 0.15) is 19.4 Å². The second kappa shape index (κ2) is 8.49. The van der Waals surface area contributed by atoms with Gasteiger partial charge in [-0.2, -0.15) is 0 Å². The Morgan fingerprint density at radius 3 is 2.79 bits per heavy atom. The second-order valence-corrected chi connectivity index (χ2v) is 8.73. The minimum absolute atomic E-state index is 0.0258. The molecule has 0 aliphatic carbocycles. The van der Waals surface area contributed by atoms with Gasteiger partial charge in [0.25, 0.3) is 0 Å². The normalized spacial score (nSPS) is 27.5. The van der Waals surface area contributed by atoms with Crippen molar-refractivity contribution in [2.45, 2.75) is 31.3 Å². The molecule has 1 unspecified atom stereocenters. The quantitative estimate of drug-likeness (QED) is 0.681. The number of hydrogen-bond acceptors (Lipinski definition) is 6. The van der Waals surface area contributed by atoms with E-state index in [0.717, 1.165) is 28.8 Å². The number of benzene rings is 1. The van der Waals surface area contributed by atoms with E-state index in [9.17, 15) is 9.59 Å². The molecule has 7 nitrogen and oxygen atoms in total. The highest BCUT2D eigenvalue weighted by atomic mass is 79.9. The molecule has 0 bridgehead atoms. The van der Waals surface area contributed by atoms with Gasteiger partial charge in [-0.1, -0.05) is 22.0 Å². The zero-order chi connectivity index (χ0) is 20.5. The zero-order valence-corrected chi connectivity index (χ0v) is 18.4.